The van der Waals surface area contributed by atoms with Gasteiger partial charge in [-0.15, -0.1) is 0 Å². The van der Waals surface area contributed by atoms with E-state index in [1.807, 2.05) is 26.0 Å². The van der Waals surface area contributed by atoms with Crippen molar-refractivity contribution in [3.8, 4) is 0 Å². The lowest BCUT2D eigenvalue weighted by Crippen LogP contribution is -2.13. The van der Waals surface area contributed by atoms with Crippen LogP contribution in [0.25, 0.3) is 0 Å². The highest BCUT2D eigenvalue weighted by Crippen LogP contribution is 2.35. The summed E-state index contributed by atoms with van der Waals surface area (Å²) in [6.07, 6.45) is 0. The zero-order chi connectivity index (χ0) is 14.9. The molecule has 0 radical (unpaired) electrons. The van der Waals surface area contributed by atoms with Crippen LogP contribution < -0.4 is 10.9 Å². The van der Waals surface area contributed by atoms with Crippen molar-refractivity contribution >= 4 is 27.5 Å². The lowest BCUT2D eigenvalue weighted by atomic mass is 10.2. The van der Waals surface area contributed by atoms with Gasteiger partial charge in [-0.05, 0) is 43.7 Å². The fourth-order valence-corrected chi connectivity index (χ4v) is 3.87. The van der Waals surface area contributed by atoms with Gasteiger partial charge in [-0.3, -0.25) is 0 Å². The molecule has 2 rings (SSSR count). The van der Waals surface area contributed by atoms with Gasteiger partial charge in [0.1, 0.15) is 0 Å². The standard InChI is InChI=1S/C14H16N2O2S2/c1-9-3-5-12(10(2)7-9)19-13-6-4-11(15)8-14(13)20(16,17)18/h3-8H,15H2,1-2H3,(H2,16,17,18). The molecule has 4 nitrogen and oxygen atoms in total. The van der Waals surface area contributed by atoms with E-state index in [1.165, 1.54) is 17.8 Å². The lowest BCUT2D eigenvalue weighted by Gasteiger charge is -2.10. The molecule has 0 amide bonds. The third-order valence-electron chi connectivity index (χ3n) is 2.82. The van der Waals surface area contributed by atoms with Gasteiger partial charge in [0.25, 0.3) is 0 Å². The van der Waals surface area contributed by atoms with Crippen molar-refractivity contribution in [1.29, 1.82) is 0 Å². The Hall–Kier alpha value is -1.50. The fraction of sp³-hybridized carbons (Fsp3) is 0.143. The monoisotopic (exact) mass is 308 g/mol. The highest BCUT2D eigenvalue weighted by molar-refractivity contribution is 8.00. The summed E-state index contributed by atoms with van der Waals surface area (Å²) in [4.78, 5) is 1.63. The molecule has 0 unspecified atom stereocenters. The van der Waals surface area contributed by atoms with Crippen LogP contribution in [0.1, 0.15) is 11.1 Å². The number of nitrogen functional groups attached to an aromatic ring is 1. The summed E-state index contributed by atoms with van der Waals surface area (Å²) in [7, 11) is -3.80. The van der Waals surface area contributed by atoms with Crippen LogP contribution in [0.2, 0.25) is 0 Å². The summed E-state index contributed by atoms with van der Waals surface area (Å²) in [5, 5.41) is 5.25. The van der Waals surface area contributed by atoms with E-state index in [0.29, 0.717) is 10.6 Å². The second-order valence-electron chi connectivity index (χ2n) is 4.62. The second-order valence-corrected chi connectivity index (χ2v) is 7.24. The van der Waals surface area contributed by atoms with Crippen LogP contribution >= 0.6 is 11.8 Å². The highest BCUT2D eigenvalue weighted by Gasteiger charge is 2.16. The second kappa shape index (κ2) is 5.47. The first-order valence-electron chi connectivity index (χ1n) is 5.95. The first-order chi connectivity index (χ1) is 9.27. The highest BCUT2D eigenvalue weighted by atomic mass is 32.2. The summed E-state index contributed by atoms with van der Waals surface area (Å²) in [6, 6.07) is 10.7. The molecule has 0 bridgehead atoms. The Bertz CT molecular complexity index is 756. The van der Waals surface area contributed by atoms with E-state index < -0.39 is 10.0 Å². The van der Waals surface area contributed by atoms with Crippen LogP contribution in [0.5, 0.6) is 0 Å². The fourth-order valence-electron chi connectivity index (χ4n) is 1.86. The number of benzene rings is 2. The van der Waals surface area contributed by atoms with E-state index >= 15 is 0 Å². The van der Waals surface area contributed by atoms with Crippen molar-refractivity contribution < 1.29 is 8.42 Å². The van der Waals surface area contributed by atoms with Crippen molar-refractivity contribution in [3.63, 3.8) is 0 Å². The molecule has 0 atom stereocenters. The number of primary sulfonamides is 1. The van der Waals surface area contributed by atoms with Gasteiger partial charge in [-0.2, -0.15) is 0 Å². The Morgan fingerprint density at radius 2 is 1.65 bits per heavy atom. The van der Waals surface area contributed by atoms with Gasteiger partial charge in [0, 0.05) is 15.5 Å². The molecule has 106 valence electrons. The number of rotatable bonds is 3. The van der Waals surface area contributed by atoms with Crippen LogP contribution in [0.4, 0.5) is 5.69 Å². The largest absolute Gasteiger partial charge is 0.399 e. The van der Waals surface area contributed by atoms with Crippen LogP contribution in [-0.2, 0) is 10.0 Å². The van der Waals surface area contributed by atoms with Crippen molar-refractivity contribution in [1.82, 2.24) is 0 Å². The number of anilines is 1. The first-order valence-corrected chi connectivity index (χ1v) is 8.31. The summed E-state index contributed by atoms with van der Waals surface area (Å²) >= 11 is 1.37. The molecule has 0 aliphatic heterocycles. The molecule has 0 aliphatic rings. The molecule has 2 aromatic carbocycles. The number of hydrogen-bond acceptors (Lipinski definition) is 4. The van der Waals surface area contributed by atoms with Gasteiger partial charge >= 0.3 is 0 Å². The van der Waals surface area contributed by atoms with Gasteiger partial charge in [-0.1, -0.05) is 29.5 Å². The molecule has 0 saturated carbocycles. The lowest BCUT2D eigenvalue weighted by molar-refractivity contribution is 0.596. The Labute approximate surface area is 123 Å². The van der Waals surface area contributed by atoms with Crippen molar-refractivity contribution in [2.24, 2.45) is 5.14 Å². The minimum absolute atomic E-state index is 0.0578. The van der Waals surface area contributed by atoms with Crippen LogP contribution in [-0.4, -0.2) is 8.42 Å². The van der Waals surface area contributed by atoms with Crippen molar-refractivity contribution in [3.05, 3.63) is 47.5 Å². The molecule has 0 fully saturated rings. The predicted molar refractivity (Wildman–Crippen MR) is 82.3 cm³/mol. The molecule has 0 heterocycles. The molecule has 0 aromatic heterocycles. The quantitative estimate of drug-likeness (QED) is 0.854. The maximum absolute atomic E-state index is 11.6. The summed E-state index contributed by atoms with van der Waals surface area (Å²) in [5.74, 6) is 0. The van der Waals surface area contributed by atoms with E-state index in [2.05, 4.69) is 6.07 Å². The SMILES string of the molecule is Cc1ccc(Sc2ccc(N)cc2S(N)(=O)=O)c(C)c1. The molecule has 2 aromatic rings. The van der Waals surface area contributed by atoms with Gasteiger partial charge < -0.3 is 5.73 Å². The third-order valence-corrected chi connectivity index (χ3v) is 5.16. The van der Waals surface area contributed by atoms with E-state index in [1.54, 1.807) is 12.1 Å². The van der Waals surface area contributed by atoms with Gasteiger partial charge in [0.2, 0.25) is 10.0 Å². The molecule has 6 heteroatoms. The maximum Gasteiger partial charge on any atom is 0.239 e. The minimum Gasteiger partial charge on any atom is -0.399 e. The van der Waals surface area contributed by atoms with Gasteiger partial charge in [0.15, 0.2) is 0 Å². The van der Waals surface area contributed by atoms with Crippen LogP contribution in [0, 0.1) is 13.8 Å². The van der Waals surface area contributed by atoms with Crippen molar-refractivity contribution in [2.75, 3.05) is 5.73 Å². The molecular formula is C14H16N2O2S2. The first kappa shape index (κ1) is 14.9. The minimum atomic E-state index is -3.80. The Balaban J connectivity index is 2.49. The summed E-state index contributed by atoms with van der Waals surface area (Å²) in [6.45, 7) is 4.00. The zero-order valence-electron chi connectivity index (χ0n) is 11.3. The van der Waals surface area contributed by atoms with E-state index in [4.69, 9.17) is 10.9 Å². The van der Waals surface area contributed by atoms with Gasteiger partial charge in [0.05, 0.1) is 4.90 Å². The number of aryl methyl sites for hydroxylation is 2. The Kier molecular flexibility index (Phi) is 4.08. The topological polar surface area (TPSA) is 86.2 Å². The molecule has 20 heavy (non-hydrogen) atoms. The number of nitrogens with two attached hydrogens (primary N) is 2. The average Bonchev–Trinajstić information content (AvgIpc) is 2.33. The number of sulfonamides is 1. The van der Waals surface area contributed by atoms with Crippen LogP contribution in [0.15, 0.2) is 51.1 Å². The average molecular weight is 308 g/mol. The van der Waals surface area contributed by atoms with Gasteiger partial charge in [-0.25, -0.2) is 13.6 Å². The van der Waals surface area contributed by atoms with Crippen LogP contribution in [0.3, 0.4) is 0 Å². The smallest absolute Gasteiger partial charge is 0.239 e. The summed E-state index contributed by atoms with van der Waals surface area (Å²) < 4.78 is 23.3. The molecule has 0 spiro atoms. The zero-order valence-corrected chi connectivity index (χ0v) is 12.9. The Morgan fingerprint density at radius 3 is 2.25 bits per heavy atom. The maximum atomic E-state index is 11.6. The number of hydrogen-bond donors (Lipinski definition) is 2. The van der Waals surface area contributed by atoms with Crippen molar-refractivity contribution in [2.45, 2.75) is 28.5 Å². The Morgan fingerprint density at radius 1 is 1.00 bits per heavy atom. The van der Waals surface area contributed by atoms with E-state index in [9.17, 15) is 8.42 Å². The molecular weight excluding hydrogens is 292 g/mol. The molecule has 0 aliphatic carbocycles. The molecule has 4 N–H and O–H groups in total. The third kappa shape index (κ3) is 3.33. The van der Waals surface area contributed by atoms with E-state index in [-0.39, 0.29) is 4.90 Å². The predicted octanol–water partition coefficient (Wildman–Crippen LogP) is 2.68. The normalized spacial score (nSPS) is 11.6. The van der Waals surface area contributed by atoms with E-state index in [0.717, 1.165) is 16.0 Å². The molecule has 0 saturated heterocycles. The summed E-state index contributed by atoms with van der Waals surface area (Å²) in [5.41, 5.74) is 8.26.